The molecule has 10 heteroatoms. The Labute approximate surface area is 267 Å². The molecule has 2 heterocycles. The van der Waals surface area contributed by atoms with Crippen LogP contribution in [0, 0.1) is 5.82 Å². The summed E-state index contributed by atoms with van der Waals surface area (Å²) in [5.74, 6) is 1.38. The summed E-state index contributed by atoms with van der Waals surface area (Å²) in [5.41, 5.74) is 3.50. The van der Waals surface area contributed by atoms with E-state index in [0.29, 0.717) is 58.4 Å². The lowest BCUT2D eigenvalue weighted by atomic mass is 9.94. The number of hydrogen-bond donors (Lipinski definition) is 1. The number of esters is 1. The first-order valence-electron chi connectivity index (χ1n) is 15.4. The first-order valence-corrected chi connectivity index (χ1v) is 16.4. The van der Waals surface area contributed by atoms with Crippen molar-refractivity contribution in [1.29, 1.82) is 0 Å². The van der Waals surface area contributed by atoms with Crippen LogP contribution in [0.1, 0.15) is 68.7 Å². The minimum atomic E-state index is -0.630. The molecule has 3 aromatic carbocycles. The van der Waals surface area contributed by atoms with Crippen LogP contribution in [0.2, 0.25) is 0 Å². The number of halogens is 1. The van der Waals surface area contributed by atoms with Gasteiger partial charge in [0.25, 0.3) is 0 Å². The molecular weight excluding hydrogens is 591 g/mol. The molecule has 1 fully saturated rings. The summed E-state index contributed by atoms with van der Waals surface area (Å²) < 4.78 is 34.3. The lowest BCUT2D eigenvalue weighted by Gasteiger charge is -2.30. The molecule has 0 radical (unpaired) electrons. The number of benzene rings is 3. The van der Waals surface area contributed by atoms with E-state index >= 15 is 0 Å². The van der Waals surface area contributed by atoms with Gasteiger partial charge in [-0.3, -0.25) is 0 Å². The molecule has 1 N–H and O–H groups in total. The van der Waals surface area contributed by atoms with Gasteiger partial charge in [0.1, 0.15) is 24.6 Å². The van der Waals surface area contributed by atoms with Crippen LogP contribution in [0.3, 0.4) is 0 Å². The first-order chi connectivity index (χ1) is 22.0. The molecule has 0 bridgehead atoms. The van der Waals surface area contributed by atoms with Crippen LogP contribution in [-0.4, -0.2) is 33.4 Å². The van der Waals surface area contributed by atoms with E-state index in [4.69, 9.17) is 24.3 Å². The first kappa shape index (κ1) is 30.7. The van der Waals surface area contributed by atoms with E-state index < -0.39 is 6.04 Å². The molecule has 0 amide bonds. The van der Waals surface area contributed by atoms with Crippen molar-refractivity contribution in [3.05, 3.63) is 107 Å². The molecule has 1 aliphatic heterocycles. The number of allylic oxidation sites excluding steroid dienone is 1. The fourth-order valence-electron chi connectivity index (χ4n) is 5.74. The topological polar surface area (TPSA) is 87.5 Å². The lowest BCUT2D eigenvalue weighted by Crippen LogP contribution is -2.32. The van der Waals surface area contributed by atoms with E-state index in [2.05, 4.69) is 5.32 Å². The van der Waals surface area contributed by atoms with Crippen molar-refractivity contribution in [2.45, 2.75) is 75.6 Å². The Morgan fingerprint density at radius 3 is 2.56 bits per heavy atom. The number of carbonyl (C=O) groups excluding carboxylic acids is 1. The summed E-state index contributed by atoms with van der Waals surface area (Å²) in [6, 6.07) is 21.7. The van der Waals surface area contributed by atoms with E-state index in [9.17, 15) is 9.18 Å². The molecule has 0 spiro atoms. The molecule has 1 aromatic heterocycles. The highest BCUT2D eigenvalue weighted by molar-refractivity contribution is 7.98. The summed E-state index contributed by atoms with van der Waals surface area (Å²) in [4.78, 5) is 18.6. The molecule has 1 atom stereocenters. The number of rotatable bonds is 11. The van der Waals surface area contributed by atoms with Gasteiger partial charge in [-0.2, -0.15) is 4.98 Å². The van der Waals surface area contributed by atoms with Gasteiger partial charge in [-0.05, 0) is 74.4 Å². The summed E-state index contributed by atoms with van der Waals surface area (Å²) in [6.45, 7) is 4.61. The Balaban J connectivity index is 1.34. The molecule has 1 saturated carbocycles. The smallest absolute Gasteiger partial charge is 0.338 e. The van der Waals surface area contributed by atoms with Gasteiger partial charge in [0.05, 0.1) is 12.2 Å². The normalized spacial score (nSPS) is 16.6. The Morgan fingerprint density at radius 2 is 1.78 bits per heavy atom. The van der Waals surface area contributed by atoms with Crippen molar-refractivity contribution in [1.82, 2.24) is 14.8 Å². The Bertz CT molecular complexity index is 1670. The largest absolute Gasteiger partial charge is 0.490 e. The van der Waals surface area contributed by atoms with Gasteiger partial charge in [-0.25, -0.2) is 13.9 Å². The van der Waals surface area contributed by atoms with E-state index in [0.717, 1.165) is 43.2 Å². The van der Waals surface area contributed by atoms with Gasteiger partial charge < -0.3 is 19.5 Å². The number of nitrogens with zero attached hydrogens (tertiary/aromatic N) is 3. The lowest BCUT2D eigenvalue weighted by molar-refractivity contribution is -0.146. The number of thioether (sulfide) groups is 1. The number of aromatic nitrogens is 3. The van der Waals surface area contributed by atoms with Crippen LogP contribution in [0.15, 0.2) is 89.2 Å². The van der Waals surface area contributed by atoms with Crippen LogP contribution >= 0.6 is 11.8 Å². The van der Waals surface area contributed by atoms with Gasteiger partial charge in [0.2, 0.25) is 11.1 Å². The third-order valence-corrected chi connectivity index (χ3v) is 8.90. The molecular formula is C35H37FN4O4S. The second-order valence-electron chi connectivity index (χ2n) is 11.2. The average Bonchev–Trinajstić information content (AvgIpc) is 3.46. The highest BCUT2D eigenvalue weighted by atomic mass is 32.2. The SMILES string of the molecule is CCOc1cc(C2C(C(=O)OC3CCCCC3)=C(C)Nc3nc(SCc4ccccc4F)nn32)ccc1OCc1ccccc1. The van der Waals surface area contributed by atoms with Crippen molar-refractivity contribution in [2.24, 2.45) is 0 Å². The van der Waals surface area contributed by atoms with Crippen molar-refractivity contribution in [3.8, 4) is 11.5 Å². The number of carbonyl (C=O) groups is 1. The highest BCUT2D eigenvalue weighted by Crippen LogP contribution is 2.41. The minimum Gasteiger partial charge on any atom is -0.490 e. The van der Waals surface area contributed by atoms with Crippen molar-refractivity contribution >= 4 is 23.7 Å². The fraction of sp³-hybridized carbons (Fsp3) is 0.343. The van der Waals surface area contributed by atoms with Gasteiger partial charge in [0, 0.05) is 11.4 Å². The summed E-state index contributed by atoms with van der Waals surface area (Å²) >= 11 is 1.33. The predicted octanol–water partition coefficient (Wildman–Crippen LogP) is 7.85. The van der Waals surface area contributed by atoms with Gasteiger partial charge >= 0.3 is 5.97 Å². The summed E-state index contributed by atoms with van der Waals surface area (Å²) in [6.07, 6.45) is 4.89. The predicted molar refractivity (Wildman–Crippen MR) is 172 cm³/mol. The summed E-state index contributed by atoms with van der Waals surface area (Å²) in [7, 11) is 0. The molecule has 1 unspecified atom stereocenters. The molecule has 0 saturated heterocycles. The van der Waals surface area contributed by atoms with Gasteiger partial charge in [-0.15, -0.1) is 5.10 Å². The van der Waals surface area contributed by atoms with Crippen LogP contribution < -0.4 is 14.8 Å². The zero-order chi connectivity index (χ0) is 31.2. The highest BCUT2D eigenvalue weighted by Gasteiger charge is 2.37. The quantitative estimate of drug-likeness (QED) is 0.133. The second kappa shape index (κ2) is 14.2. The fourth-order valence-corrected chi connectivity index (χ4v) is 6.55. The van der Waals surface area contributed by atoms with Crippen molar-refractivity contribution in [3.63, 3.8) is 0 Å². The maximum absolute atomic E-state index is 14.3. The zero-order valence-electron chi connectivity index (χ0n) is 25.5. The maximum Gasteiger partial charge on any atom is 0.338 e. The van der Waals surface area contributed by atoms with Crippen molar-refractivity contribution in [2.75, 3.05) is 11.9 Å². The van der Waals surface area contributed by atoms with Crippen molar-refractivity contribution < 1.29 is 23.4 Å². The van der Waals surface area contributed by atoms with E-state index in [-0.39, 0.29) is 17.9 Å². The van der Waals surface area contributed by atoms with E-state index in [1.54, 1.807) is 16.8 Å². The standard InChI is InChI=1S/C35H37FN4O4S/c1-3-42-30-20-25(18-19-29(30)43-21-24-12-6-4-7-13-24)32-31(33(41)44-27-15-8-5-9-16-27)23(2)37-34-38-35(39-40(32)34)45-22-26-14-10-11-17-28(26)36/h4,6-7,10-14,17-20,27,32H,3,5,8-9,15-16,21-22H2,1-2H3,(H,37,38,39). The zero-order valence-corrected chi connectivity index (χ0v) is 26.3. The van der Waals surface area contributed by atoms with Crippen LogP contribution in [0.5, 0.6) is 11.5 Å². The number of ether oxygens (including phenoxy) is 3. The number of hydrogen-bond acceptors (Lipinski definition) is 8. The maximum atomic E-state index is 14.3. The molecule has 4 aromatic rings. The minimum absolute atomic E-state index is 0.107. The van der Waals surface area contributed by atoms with E-state index in [1.807, 2.05) is 68.4 Å². The Kier molecular flexibility index (Phi) is 9.69. The molecule has 8 nitrogen and oxygen atoms in total. The molecule has 234 valence electrons. The molecule has 1 aliphatic carbocycles. The van der Waals surface area contributed by atoms with Crippen LogP contribution in [-0.2, 0) is 21.9 Å². The monoisotopic (exact) mass is 628 g/mol. The van der Waals surface area contributed by atoms with E-state index in [1.165, 1.54) is 17.8 Å². The third kappa shape index (κ3) is 7.17. The number of fused-ring (bicyclic) bond motifs is 1. The van der Waals surface area contributed by atoms with Crippen LogP contribution in [0.4, 0.5) is 10.3 Å². The third-order valence-electron chi connectivity index (χ3n) is 8.01. The molecule has 45 heavy (non-hydrogen) atoms. The van der Waals surface area contributed by atoms with Crippen LogP contribution in [0.25, 0.3) is 0 Å². The number of nitrogens with one attached hydrogen (secondary N) is 1. The molecule has 2 aliphatic rings. The van der Waals surface area contributed by atoms with Gasteiger partial charge in [0.15, 0.2) is 11.5 Å². The molecule has 6 rings (SSSR count). The summed E-state index contributed by atoms with van der Waals surface area (Å²) in [5, 5.41) is 8.55. The average molecular weight is 629 g/mol. The van der Waals surface area contributed by atoms with Gasteiger partial charge in [-0.1, -0.05) is 72.8 Å². The Morgan fingerprint density at radius 1 is 1.00 bits per heavy atom. The Hall–Kier alpha value is -4.31. The number of anilines is 1. The second-order valence-corrected chi connectivity index (χ2v) is 12.1.